The van der Waals surface area contributed by atoms with Gasteiger partial charge in [-0.05, 0) is 13.8 Å². The van der Waals surface area contributed by atoms with E-state index in [1.165, 1.54) is 13.8 Å². The van der Waals surface area contributed by atoms with E-state index in [1.54, 1.807) is 0 Å². The van der Waals surface area contributed by atoms with Crippen LogP contribution in [-0.2, 0) is 4.79 Å². The van der Waals surface area contributed by atoms with Gasteiger partial charge in [0.1, 0.15) is 5.60 Å². The minimum atomic E-state index is -1.37. The molecule has 1 amide bonds. The van der Waals surface area contributed by atoms with E-state index in [9.17, 15) is 4.79 Å². The van der Waals surface area contributed by atoms with Gasteiger partial charge in [0, 0.05) is 0 Å². The Labute approximate surface area is 47.6 Å². The lowest BCUT2D eigenvalue weighted by atomic mass is 10.1. The van der Waals surface area contributed by atoms with Crippen LogP contribution in [0.25, 0.3) is 0 Å². The summed E-state index contributed by atoms with van der Waals surface area (Å²) in [4.78, 5) is 10.3. The molecule has 0 aromatic rings. The molecule has 0 aromatic heterocycles. The second-order valence-electron chi connectivity index (χ2n) is 2.03. The van der Waals surface area contributed by atoms with Crippen molar-refractivity contribution < 1.29 is 9.90 Å². The van der Waals surface area contributed by atoms with E-state index in [2.05, 4.69) is 0 Å². The van der Waals surface area contributed by atoms with Gasteiger partial charge in [-0.2, -0.15) is 0 Å². The van der Waals surface area contributed by atoms with Crippen molar-refractivity contribution in [3.63, 3.8) is 0 Å². The van der Waals surface area contributed by atoms with E-state index >= 15 is 0 Å². The number of hydrogen-bond donors (Lipinski definition) is 3. The van der Waals surface area contributed by atoms with Crippen molar-refractivity contribution in [2.24, 2.45) is 5.84 Å². The summed E-state index contributed by atoms with van der Waals surface area (Å²) in [6.45, 7) is 2.71. The number of hydrazine groups is 1. The summed E-state index contributed by atoms with van der Waals surface area (Å²) in [5, 5.41) is 8.79. The maximum atomic E-state index is 10.3. The van der Waals surface area contributed by atoms with Crippen LogP contribution in [0.3, 0.4) is 0 Å². The summed E-state index contributed by atoms with van der Waals surface area (Å²) in [6, 6.07) is 0. The van der Waals surface area contributed by atoms with Crippen LogP contribution in [0.15, 0.2) is 0 Å². The Bertz CT molecular complexity index is 94.7. The number of aliphatic hydroxyl groups is 1. The van der Waals surface area contributed by atoms with Gasteiger partial charge in [0.2, 0.25) is 0 Å². The van der Waals surface area contributed by atoms with Gasteiger partial charge in [0.25, 0.3) is 5.91 Å². The molecule has 0 saturated heterocycles. The van der Waals surface area contributed by atoms with Crippen LogP contribution in [-0.4, -0.2) is 16.6 Å². The standard InChI is InChI=1S/C4H10N2O2/c1-4(2,8)3(7)6-5/h8H,5H2,1-2H3,(H,6,7). The molecule has 4 heteroatoms. The van der Waals surface area contributed by atoms with Gasteiger partial charge in [0.15, 0.2) is 0 Å². The molecule has 0 aliphatic carbocycles. The Morgan fingerprint density at radius 3 is 2.12 bits per heavy atom. The topological polar surface area (TPSA) is 75.3 Å². The fraction of sp³-hybridized carbons (Fsp3) is 0.750. The molecule has 0 unspecified atom stereocenters. The molecule has 0 radical (unpaired) electrons. The first-order chi connectivity index (χ1) is 3.48. The third kappa shape index (κ3) is 1.90. The van der Waals surface area contributed by atoms with Crippen LogP contribution in [0.5, 0.6) is 0 Å². The Kier molecular flexibility index (Phi) is 1.94. The molecule has 0 saturated carbocycles. The molecule has 0 aliphatic heterocycles. The van der Waals surface area contributed by atoms with Crippen LogP contribution in [0.1, 0.15) is 13.8 Å². The maximum absolute atomic E-state index is 10.3. The zero-order chi connectivity index (χ0) is 6.78. The van der Waals surface area contributed by atoms with Gasteiger partial charge in [-0.1, -0.05) is 0 Å². The quantitative estimate of drug-likeness (QED) is 0.229. The molecule has 0 heterocycles. The lowest BCUT2D eigenvalue weighted by Crippen LogP contribution is -2.45. The Hall–Kier alpha value is -0.610. The smallest absolute Gasteiger partial charge is 0.265 e. The summed E-state index contributed by atoms with van der Waals surface area (Å²) in [5.74, 6) is 4.11. The molecule has 0 rings (SSSR count). The van der Waals surface area contributed by atoms with E-state index in [-0.39, 0.29) is 0 Å². The molecule has 4 N–H and O–H groups in total. The highest BCUT2D eigenvalue weighted by Gasteiger charge is 2.21. The van der Waals surface area contributed by atoms with Crippen molar-refractivity contribution in [3.05, 3.63) is 0 Å². The molecule has 0 fully saturated rings. The molecular formula is C4H10N2O2. The molecule has 0 aliphatic rings. The number of carbonyl (C=O) groups is 1. The van der Waals surface area contributed by atoms with Crippen molar-refractivity contribution in [1.82, 2.24) is 5.43 Å². The fourth-order valence-corrected chi connectivity index (χ4v) is 0.177. The third-order valence-corrected chi connectivity index (χ3v) is 0.687. The normalized spacial score (nSPS) is 11.0. The van der Waals surface area contributed by atoms with E-state index < -0.39 is 11.5 Å². The molecule has 4 nitrogen and oxygen atoms in total. The third-order valence-electron chi connectivity index (χ3n) is 0.687. The van der Waals surface area contributed by atoms with Gasteiger partial charge < -0.3 is 5.11 Å². The first-order valence-corrected chi connectivity index (χ1v) is 2.22. The highest BCUT2D eigenvalue weighted by Crippen LogP contribution is 1.97. The molecule has 8 heavy (non-hydrogen) atoms. The Balaban J connectivity index is 3.82. The number of amides is 1. The molecule has 48 valence electrons. The van der Waals surface area contributed by atoms with Gasteiger partial charge in [0.05, 0.1) is 0 Å². The molecular weight excluding hydrogens is 108 g/mol. The summed E-state index contributed by atoms with van der Waals surface area (Å²) in [7, 11) is 0. The summed E-state index contributed by atoms with van der Waals surface area (Å²) in [5.41, 5.74) is 0.450. The SMILES string of the molecule is CC(C)(O)C(=O)NN. The number of nitrogens with one attached hydrogen (secondary N) is 1. The highest BCUT2D eigenvalue weighted by atomic mass is 16.3. The zero-order valence-electron chi connectivity index (χ0n) is 4.93. The average Bonchev–Trinajstić information content (AvgIpc) is 1.62. The lowest BCUT2D eigenvalue weighted by molar-refractivity contribution is -0.136. The monoisotopic (exact) mass is 118 g/mol. The van der Waals surface area contributed by atoms with Crippen LogP contribution in [0.4, 0.5) is 0 Å². The molecule has 0 aromatic carbocycles. The lowest BCUT2D eigenvalue weighted by Gasteiger charge is -2.12. The van der Waals surface area contributed by atoms with Crippen molar-refractivity contribution in [3.8, 4) is 0 Å². The predicted molar refractivity (Wildman–Crippen MR) is 28.6 cm³/mol. The summed E-state index contributed by atoms with van der Waals surface area (Å²) in [6.07, 6.45) is 0. The largest absolute Gasteiger partial charge is 0.381 e. The minimum Gasteiger partial charge on any atom is -0.381 e. The van der Waals surface area contributed by atoms with Gasteiger partial charge in [-0.3, -0.25) is 10.2 Å². The molecule has 0 spiro atoms. The highest BCUT2D eigenvalue weighted by molar-refractivity contribution is 5.83. The van der Waals surface area contributed by atoms with Crippen LogP contribution in [0, 0.1) is 0 Å². The van der Waals surface area contributed by atoms with Gasteiger partial charge in [-0.15, -0.1) is 0 Å². The number of carbonyl (C=O) groups excluding carboxylic acids is 1. The van der Waals surface area contributed by atoms with Gasteiger partial charge >= 0.3 is 0 Å². The first kappa shape index (κ1) is 7.39. The van der Waals surface area contributed by atoms with E-state index in [1.807, 2.05) is 5.43 Å². The Morgan fingerprint density at radius 2 is 2.12 bits per heavy atom. The average molecular weight is 118 g/mol. The fourth-order valence-electron chi connectivity index (χ4n) is 0.177. The number of nitrogens with two attached hydrogens (primary N) is 1. The van der Waals surface area contributed by atoms with Crippen LogP contribution in [0.2, 0.25) is 0 Å². The maximum Gasteiger partial charge on any atom is 0.265 e. The van der Waals surface area contributed by atoms with Crippen LogP contribution >= 0.6 is 0 Å². The minimum absolute atomic E-state index is 0.586. The van der Waals surface area contributed by atoms with E-state index in [0.29, 0.717) is 0 Å². The second kappa shape index (κ2) is 2.11. The van der Waals surface area contributed by atoms with E-state index in [0.717, 1.165) is 0 Å². The molecule has 0 bridgehead atoms. The van der Waals surface area contributed by atoms with E-state index in [4.69, 9.17) is 10.9 Å². The summed E-state index contributed by atoms with van der Waals surface area (Å²) >= 11 is 0. The van der Waals surface area contributed by atoms with Gasteiger partial charge in [-0.25, -0.2) is 5.84 Å². The Morgan fingerprint density at radius 1 is 1.75 bits per heavy atom. The molecule has 0 atom stereocenters. The zero-order valence-corrected chi connectivity index (χ0v) is 4.93. The van der Waals surface area contributed by atoms with Crippen molar-refractivity contribution in [2.45, 2.75) is 19.4 Å². The number of rotatable bonds is 1. The van der Waals surface area contributed by atoms with Crippen molar-refractivity contribution in [1.29, 1.82) is 0 Å². The summed E-state index contributed by atoms with van der Waals surface area (Å²) < 4.78 is 0. The van der Waals surface area contributed by atoms with Crippen molar-refractivity contribution in [2.75, 3.05) is 0 Å². The van der Waals surface area contributed by atoms with Crippen molar-refractivity contribution >= 4 is 5.91 Å². The van der Waals surface area contributed by atoms with Crippen LogP contribution < -0.4 is 11.3 Å². The first-order valence-electron chi connectivity index (χ1n) is 2.22. The number of hydrogen-bond acceptors (Lipinski definition) is 3. The predicted octanol–water partition coefficient (Wildman–Crippen LogP) is -1.25. The second-order valence-corrected chi connectivity index (χ2v) is 2.03.